The Morgan fingerprint density at radius 2 is 2.11 bits per heavy atom. The van der Waals surface area contributed by atoms with Gasteiger partial charge in [-0.1, -0.05) is 26.0 Å². The van der Waals surface area contributed by atoms with E-state index in [4.69, 9.17) is 5.73 Å². The summed E-state index contributed by atoms with van der Waals surface area (Å²) in [7, 11) is 0. The highest BCUT2D eigenvalue weighted by atomic mass is 19.1. The molecule has 0 radical (unpaired) electrons. The highest BCUT2D eigenvalue weighted by Gasteiger charge is 2.19. The van der Waals surface area contributed by atoms with Crippen molar-refractivity contribution in [3.05, 3.63) is 41.5 Å². The minimum Gasteiger partial charge on any atom is -0.395 e. The Labute approximate surface area is 110 Å². The number of nitrogen functional groups attached to an aromatic ring is 1. The average Bonchev–Trinajstić information content (AvgIpc) is 2.74. The van der Waals surface area contributed by atoms with Crippen molar-refractivity contribution in [1.29, 1.82) is 0 Å². The van der Waals surface area contributed by atoms with Gasteiger partial charge in [-0.25, -0.2) is 4.39 Å². The van der Waals surface area contributed by atoms with Crippen molar-refractivity contribution in [2.24, 2.45) is 0 Å². The van der Waals surface area contributed by atoms with Crippen molar-refractivity contribution < 1.29 is 9.18 Å². The Morgan fingerprint density at radius 3 is 2.68 bits per heavy atom. The number of halogens is 1. The van der Waals surface area contributed by atoms with E-state index < -0.39 is 11.7 Å². The number of carbonyl (C=O) groups is 1. The van der Waals surface area contributed by atoms with Crippen LogP contribution in [0.1, 0.15) is 35.9 Å². The minimum atomic E-state index is -0.536. The van der Waals surface area contributed by atoms with Crippen molar-refractivity contribution in [3.63, 3.8) is 0 Å². The van der Waals surface area contributed by atoms with E-state index in [2.05, 4.69) is 15.5 Å². The minimum absolute atomic E-state index is 0.0759. The fourth-order valence-corrected chi connectivity index (χ4v) is 1.72. The normalized spacial score (nSPS) is 10.7. The number of aromatic amines is 1. The Morgan fingerprint density at radius 1 is 1.42 bits per heavy atom. The molecule has 0 aliphatic heterocycles. The number of nitrogens with one attached hydrogen (secondary N) is 2. The highest BCUT2D eigenvalue weighted by Crippen LogP contribution is 2.23. The molecule has 6 heteroatoms. The molecule has 5 nitrogen and oxygen atoms in total. The molecule has 1 amide bonds. The lowest BCUT2D eigenvalue weighted by Crippen LogP contribution is -2.15. The first kappa shape index (κ1) is 13.1. The third kappa shape index (κ3) is 2.57. The maximum atomic E-state index is 13.4. The Hall–Kier alpha value is -2.37. The van der Waals surface area contributed by atoms with Gasteiger partial charge in [0.2, 0.25) is 0 Å². The molecule has 1 aromatic carbocycles. The van der Waals surface area contributed by atoms with Gasteiger partial charge in [0.15, 0.2) is 5.69 Å². The van der Waals surface area contributed by atoms with E-state index in [0.717, 1.165) is 0 Å². The smallest absolute Gasteiger partial charge is 0.278 e. The van der Waals surface area contributed by atoms with Gasteiger partial charge in [-0.05, 0) is 18.1 Å². The third-order valence-corrected chi connectivity index (χ3v) is 2.75. The zero-order valence-corrected chi connectivity index (χ0v) is 10.7. The standard InChI is InChI=1S/C13H15FN4O/c1-7(2)11-10(15)12(18-17-11)13(19)16-9-6-4-3-5-8(9)14/h3-7H,15H2,1-2H3,(H,16,19)(H,17,18). The van der Waals surface area contributed by atoms with Crippen LogP contribution in [0.3, 0.4) is 0 Å². The first-order chi connectivity index (χ1) is 9.00. The zero-order valence-electron chi connectivity index (χ0n) is 10.7. The van der Waals surface area contributed by atoms with Crippen LogP contribution in [0.15, 0.2) is 24.3 Å². The lowest BCUT2D eigenvalue weighted by atomic mass is 10.1. The van der Waals surface area contributed by atoms with Crippen molar-refractivity contribution in [1.82, 2.24) is 10.2 Å². The number of rotatable bonds is 3. The summed E-state index contributed by atoms with van der Waals surface area (Å²) in [5.74, 6) is -0.915. The number of carbonyl (C=O) groups excluding carboxylic acids is 1. The van der Waals surface area contributed by atoms with E-state index >= 15 is 0 Å². The maximum Gasteiger partial charge on any atom is 0.278 e. The molecule has 0 unspecified atom stereocenters. The summed E-state index contributed by atoms with van der Waals surface area (Å²) in [5, 5.41) is 9.05. The predicted molar refractivity (Wildman–Crippen MR) is 71.4 cm³/mol. The molecule has 0 bridgehead atoms. The van der Waals surface area contributed by atoms with Crippen molar-refractivity contribution in [2.45, 2.75) is 19.8 Å². The number of hydrogen-bond donors (Lipinski definition) is 3. The molecule has 0 aliphatic rings. The quantitative estimate of drug-likeness (QED) is 0.794. The number of para-hydroxylation sites is 1. The van der Waals surface area contributed by atoms with Crippen molar-refractivity contribution >= 4 is 17.3 Å². The van der Waals surface area contributed by atoms with Gasteiger partial charge < -0.3 is 11.1 Å². The fourth-order valence-electron chi connectivity index (χ4n) is 1.72. The van der Waals surface area contributed by atoms with Crippen LogP contribution in [0.5, 0.6) is 0 Å². The van der Waals surface area contributed by atoms with Crippen LogP contribution < -0.4 is 11.1 Å². The number of amides is 1. The van der Waals surface area contributed by atoms with Gasteiger partial charge >= 0.3 is 0 Å². The van der Waals surface area contributed by atoms with Crippen LogP contribution >= 0.6 is 0 Å². The van der Waals surface area contributed by atoms with Crippen LogP contribution in [0.25, 0.3) is 0 Å². The van der Waals surface area contributed by atoms with Gasteiger partial charge in [-0.3, -0.25) is 9.89 Å². The van der Waals surface area contributed by atoms with E-state index in [1.54, 1.807) is 12.1 Å². The molecule has 0 fully saturated rings. The van der Waals surface area contributed by atoms with Crippen LogP contribution in [0, 0.1) is 5.82 Å². The molecule has 2 aromatic rings. The molecule has 4 N–H and O–H groups in total. The van der Waals surface area contributed by atoms with E-state index in [1.807, 2.05) is 13.8 Å². The molecule has 1 aromatic heterocycles. The van der Waals surface area contributed by atoms with Crippen LogP contribution in [0.2, 0.25) is 0 Å². The third-order valence-electron chi connectivity index (χ3n) is 2.75. The monoisotopic (exact) mass is 262 g/mol. The largest absolute Gasteiger partial charge is 0.395 e. The molecule has 0 saturated carbocycles. The van der Waals surface area contributed by atoms with Crippen LogP contribution in [0.4, 0.5) is 15.8 Å². The number of nitrogens with two attached hydrogens (primary N) is 1. The highest BCUT2D eigenvalue weighted by molar-refractivity contribution is 6.06. The first-order valence-electron chi connectivity index (χ1n) is 5.90. The maximum absolute atomic E-state index is 13.4. The molecule has 100 valence electrons. The molecule has 0 aliphatic carbocycles. The van der Waals surface area contributed by atoms with Crippen molar-refractivity contribution in [3.8, 4) is 0 Å². The van der Waals surface area contributed by atoms with Gasteiger partial charge in [-0.15, -0.1) is 0 Å². The molecule has 2 rings (SSSR count). The Balaban J connectivity index is 2.24. The summed E-state index contributed by atoms with van der Waals surface area (Å²) < 4.78 is 13.4. The second-order valence-corrected chi connectivity index (χ2v) is 4.49. The summed E-state index contributed by atoms with van der Waals surface area (Å²) in [6.07, 6.45) is 0. The summed E-state index contributed by atoms with van der Waals surface area (Å²) >= 11 is 0. The first-order valence-corrected chi connectivity index (χ1v) is 5.90. The second kappa shape index (κ2) is 5.09. The summed E-state index contributed by atoms with van der Waals surface area (Å²) in [5.41, 5.74) is 7.01. The number of H-pyrrole nitrogens is 1. The molecular formula is C13H15FN4O. The van der Waals surface area contributed by atoms with Crippen LogP contribution in [-0.2, 0) is 0 Å². The van der Waals surface area contributed by atoms with Gasteiger partial charge in [0.25, 0.3) is 5.91 Å². The second-order valence-electron chi connectivity index (χ2n) is 4.49. The summed E-state index contributed by atoms with van der Waals surface area (Å²) in [4.78, 5) is 12.0. The van der Waals surface area contributed by atoms with E-state index in [0.29, 0.717) is 11.4 Å². The van der Waals surface area contributed by atoms with E-state index in [-0.39, 0.29) is 17.3 Å². The van der Waals surface area contributed by atoms with Gasteiger partial charge in [0.05, 0.1) is 17.1 Å². The molecule has 0 spiro atoms. The predicted octanol–water partition coefficient (Wildman–Crippen LogP) is 2.51. The van der Waals surface area contributed by atoms with Gasteiger partial charge in [0.1, 0.15) is 5.82 Å². The Kier molecular flexibility index (Phi) is 3.50. The molecular weight excluding hydrogens is 247 g/mol. The van der Waals surface area contributed by atoms with E-state index in [1.165, 1.54) is 12.1 Å². The topological polar surface area (TPSA) is 83.8 Å². The van der Waals surface area contributed by atoms with Crippen molar-refractivity contribution in [2.75, 3.05) is 11.1 Å². The number of benzene rings is 1. The van der Waals surface area contributed by atoms with Gasteiger partial charge in [0, 0.05) is 0 Å². The number of aromatic nitrogens is 2. The fraction of sp³-hybridized carbons (Fsp3) is 0.231. The lowest BCUT2D eigenvalue weighted by molar-refractivity contribution is 0.102. The number of nitrogens with zero attached hydrogens (tertiary/aromatic N) is 1. The molecule has 19 heavy (non-hydrogen) atoms. The number of hydrogen-bond acceptors (Lipinski definition) is 3. The lowest BCUT2D eigenvalue weighted by Gasteiger charge is -2.05. The molecule has 0 atom stereocenters. The molecule has 0 saturated heterocycles. The summed E-state index contributed by atoms with van der Waals surface area (Å²) in [6, 6.07) is 5.92. The van der Waals surface area contributed by atoms with Crippen LogP contribution in [-0.4, -0.2) is 16.1 Å². The van der Waals surface area contributed by atoms with Gasteiger partial charge in [-0.2, -0.15) is 5.10 Å². The zero-order chi connectivity index (χ0) is 14.0. The average molecular weight is 262 g/mol. The summed E-state index contributed by atoms with van der Waals surface area (Å²) in [6.45, 7) is 3.87. The van der Waals surface area contributed by atoms with E-state index in [9.17, 15) is 9.18 Å². The number of anilines is 2. The SMILES string of the molecule is CC(C)c1[nH]nc(C(=O)Nc2ccccc2F)c1N. The Bertz CT molecular complexity index is 606. The molecule has 1 heterocycles.